The number of ether oxygens (including phenoxy) is 1. The largest absolute Gasteiger partial charge is 0.462 e. The number of carbonyl (C=O) groups is 1. The first-order valence-corrected chi connectivity index (χ1v) is 4.89. The fraction of sp³-hybridized carbons (Fsp3) is 0.700. The average Bonchev–Trinajstić information content (AvgIpc) is 2.63. The van der Waals surface area contributed by atoms with Crippen LogP contribution >= 0.6 is 0 Å². The summed E-state index contributed by atoms with van der Waals surface area (Å²) in [5, 5.41) is 12.7. The number of nitriles is 1. The van der Waals surface area contributed by atoms with Crippen molar-refractivity contribution < 1.29 is 14.4 Å². The number of rotatable bonds is 3. The SMILES string of the molecule is CCOC(=O)C1(C#N)CC(C(C)C)=NO1. The van der Waals surface area contributed by atoms with Crippen molar-refractivity contribution in [1.29, 1.82) is 5.26 Å². The Morgan fingerprint density at radius 2 is 2.47 bits per heavy atom. The zero-order valence-electron chi connectivity index (χ0n) is 9.11. The van der Waals surface area contributed by atoms with Crippen molar-refractivity contribution in [2.24, 2.45) is 11.1 Å². The van der Waals surface area contributed by atoms with E-state index in [1.807, 2.05) is 19.9 Å². The van der Waals surface area contributed by atoms with E-state index in [4.69, 9.17) is 14.8 Å². The molecule has 5 heteroatoms. The number of oxime groups is 1. The normalized spacial score (nSPS) is 24.3. The van der Waals surface area contributed by atoms with Crippen LogP contribution in [0.5, 0.6) is 0 Å². The molecular weight excluding hydrogens is 196 g/mol. The maximum absolute atomic E-state index is 11.5. The van der Waals surface area contributed by atoms with Crippen LogP contribution in [0.15, 0.2) is 5.16 Å². The first-order valence-electron chi connectivity index (χ1n) is 4.89. The van der Waals surface area contributed by atoms with Crippen molar-refractivity contribution in [3.8, 4) is 6.07 Å². The number of esters is 1. The Morgan fingerprint density at radius 3 is 2.87 bits per heavy atom. The molecule has 1 aliphatic rings. The second-order valence-corrected chi connectivity index (χ2v) is 3.66. The van der Waals surface area contributed by atoms with Crippen molar-refractivity contribution in [2.45, 2.75) is 32.8 Å². The molecule has 0 N–H and O–H groups in total. The van der Waals surface area contributed by atoms with Crippen molar-refractivity contribution in [3.63, 3.8) is 0 Å². The van der Waals surface area contributed by atoms with Crippen LogP contribution in [-0.4, -0.2) is 23.9 Å². The van der Waals surface area contributed by atoms with Gasteiger partial charge in [-0.3, -0.25) is 0 Å². The molecule has 5 nitrogen and oxygen atoms in total. The van der Waals surface area contributed by atoms with Gasteiger partial charge in [0.05, 0.1) is 18.7 Å². The molecule has 0 amide bonds. The van der Waals surface area contributed by atoms with Gasteiger partial charge in [0, 0.05) is 0 Å². The highest BCUT2D eigenvalue weighted by atomic mass is 16.7. The van der Waals surface area contributed by atoms with E-state index in [0.717, 1.165) is 0 Å². The van der Waals surface area contributed by atoms with Crippen molar-refractivity contribution >= 4 is 11.7 Å². The van der Waals surface area contributed by atoms with Gasteiger partial charge in [0.2, 0.25) is 0 Å². The molecular formula is C10H14N2O3. The number of nitrogens with zero attached hydrogens (tertiary/aromatic N) is 2. The summed E-state index contributed by atoms with van der Waals surface area (Å²) in [5.41, 5.74) is -0.847. The van der Waals surface area contributed by atoms with E-state index in [0.29, 0.717) is 5.71 Å². The van der Waals surface area contributed by atoms with Gasteiger partial charge in [-0.25, -0.2) is 4.79 Å². The molecule has 15 heavy (non-hydrogen) atoms. The van der Waals surface area contributed by atoms with Crippen LogP contribution in [0, 0.1) is 17.2 Å². The summed E-state index contributed by atoms with van der Waals surface area (Å²) in [4.78, 5) is 16.5. The minimum atomic E-state index is -1.56. The molecule has 0 aliphatic carbocycles. The van der Waals surface area contributed by atoms with Crippen LogP contribution in [0.1, 0.15) is 27.2 Å². The van der Waals surface area contributed by atoms with Gasteiger partial charge >= 0.3 is 11.6 Å². The Hall–Kier alpha value is -1.57. The Morgan fingerprint density at radius 1 is 1.80 bits per heavy atom. The van der Waals surface area contributed by atoms with Gasteiger partial charge in [-0.2, -0.15) is 5.26 Å². The zero-order valence-corrected chi connectivity index (χ0v) is 9.11. The van der Waals surface area contributed by atoms with Gasteiger partial charge in [0.25, 0.3) is 0 Å². The standard InChI is InChI=1S/C10H14N2O3/c1-4-14-9(13)10(6-11)5-8(7(2)3)12-15-10/h7H,4-5H2,1-3H3. The molecule has 0 saturated carbocycles. The second-order valence-electron chi connectivity index (χ2n) is 3.66. The third kappa shape index (κ3) is 2.09. The van der Waals surface area contributed by atoms with Crippen LogP contribution in [-0.2, 0) is 14.4 Å². The Kier molecular flexibility index (Phi) is 3.30. The van der Waals surface area contributed by atoms with Gasteiger partial charge < -0.3 is 9.57 Å². The van der Waals surface area contributed by atoms with Crippen molar-refractivity contribution in [3.05, 3.63) is 0 Å². The number of hydrogen-bond acceptors (Lipinski definition) is 5. The molecule has 0 aromatic rings. The van der Waals surface area contributed by atoms with Crippen molar-refractivity contribution in [2.75, 3.05) is 6.61 Å². The maximum atomic E-state index is 11.5. The highest BCUT2D eigenvalue weighted by molar-refractivity contribution is 5.96. The average molecular weight is 210 g/mol. The third-order valence-electron chi connectivity index (χ3n) is 2.20. The number of carbonyl (C=O) groups excluding carboxylic acids is 1. The highest BCUT2D eigenvalue weighted by Crippen LogP contribution is 2.27. The Bertz CT molecular complexity index is 330. The van der Waals surface area contributed by atoms with Crippen LogP contribution < -0.4 is 0 Å². The summed E-state index contributed by atoms with van der Waals surface area (Å²) in [6.07, 6.45) is 0.194. The van der Waals surface area contributed by atoms with E-state index in [2.05, 4.69) is 5.16 Å². The zero-order chi connectivity index (χ0) is 11.5. The van der Waals surface area contributed by atoms with Gasteiger partial charge in [-0.05, 0) is 12.8 Å². The molecule has 1 rings (SSSR count). The van der Waals surface area contributed by atoms with Crippen LogP contribution in [0.3, 0.4) is 0 Å². The van der Waals surface area contributed by atoms with Crippen LogP contribution in [0.2, 0.25) is 0 Å². The molecule has 0 radical (unpaired) electrons. The summed E-state index contributed by atoms with van der Waals surface area (Å²) in [6, 6.07) is 1.84. The molecule has 0 aromatic carbocycles. The van der Waals surface area contributed by atoms with Crippen LogP contribution in [0.25, 0.3) is 0 Å². The predicted molar refractivity (Wildman–Crippen MR) is 53.0 cm³/mol. The lowest BCUT2D eigenvalue weighted by atomic mass is 9.94. The molecule has 1 aliphatic heterocycles. The first-order chi connectivity index (χ1) is 7.05. The third-order valence-corrected chi connectivity index (χ3v) is 2.20. The van der Waals surface area contributed by atoms with E-state index < -0.39 is 11.6 Å². The van der Waals surface area contributed by atoms with E-state index in [9.17, 15) is 4.79 Å². The summed E-state index contributed by atoms with van der Waals surface area (Å²) in [7, 11) is 0. The lowest BCUT2D eigenvalue weighted by Gasteiger charge is -2.15. The lowest BCUT2D eigenvalue weighted by Crippen LogP contribution is -2.39. The molecule has 0 saturated heterocycles. The van der Waals surface area contributed by atoms with E-state index in [1.54, 1.807) is 6.92 Å². The summed E-state index contributed by atoms with van der Waals surface area (Å²) >= 11 is 0. The molecule has 0 bridgehead atoms. The summed E-state index contributed by atoms with van der Waals surface area (Å²) < 4.78 is 4.79. The van der Waals surface area contributed by atoms with Gasteiger partial charge in [0.15, 0.2) is 0 Å². The highest BCUT2D eigenvalue weighted by Gasteiger charge is 2.49. The van der Waals surface area contributed by atoms with E-state index >= 15 is 0 Å². The fourth-order valence-corrected chi connectivity index (χ4v) is 1.23. The van der Waals surface area contributed by atoms with Crippen molar-refractivity contribution in [1.82, 2.24) is 0 Å². The van der Waals surface area contributed by atoms with Gasteiger partial charge in [-0.15, -0.1) is 0 Å². The molecule has 1 atom stereocenters. The minimum absolute atomic E-state index is 0.162. The molecule has 1 unspecified atom stereocenters. The minimum Gasteiger partial charge on any atom is -0.462 e. The number of hydrogen-bond donors (Lipinski definition) is 0. The summed E-state index contributed by atoms with van der Waals surface area (Å²) in [5.74, 6) is -0.499. The lowest BCUT2D eigenvalue weighted by molar-refractivity contribution is -0.162. The predicted octanol–water partition coefficient (Wildman–Crippen LogP) is 1.24. The monoisotopic (exact) mass is 210 g/mol. The molecule has 82 valence electrons. The second kappa shape index (κ2) is 4.30. The topological polar surface area (TPSA) is 71.7 Å². The fourth-order valence-electron chi connectivity index (χ4n) is 1.23. The molecule has 0 aromatic heterocycles. The Balaban J connectivity index is 2.78. The molecule has 1 heterocycles. The van der Waals surface area contributed by atoms with Crippen LogP contribution in [0.4, 0.5) is 0 Å². The summed E-state index contributed by atoms with van der Waals surface area (Å²) in [6.45, 7) is 5.77. The first kappa shape index (κ1) is 11.5. The maximum Gasteiger partial charge on any atom is 0.368 e. The quantitative estimate of drug-likeness (QED) is 0.657. The smallest absolute Gasteiger partial charge is 0.368 e. The van der Waals surface area contributed by atoms with E-state index in [-0.39, 0.29) is 18.9 Å². The van der Waals surface area contributed by atoms with E-state index in [1.165, 1.54) is 0 Å². The Labute approximate surface area is 88.6 Å². The van der Waals surface area contributed by atoms with Gasteiger partial charge in [-0.1, -0.05) is 19.0 Å². The van der Waals surface area contributed by atoms with Gasteiger partial charge in [0.1, 0.15) is 6.07 Å². The molecule has 0 fully saturated rings. The molecule has 0 spiro atoms.